The first kappa shape index (κ1) is 22.1. The first-order valence-electron chi connectivity index (χ1n) is 14.1. The lowest BCUT2D eigenvalue weighted by Crippen LogP contribution is -2.44. The number of aryl methyl sites for hydroxylation is 1. The molecular formula is C30H39N3O2. The molecule has 0 bridgehead atoms. The predicted octanol–water partition coefficient (Wildman–Crippen LogP) is 5.33. The van der Waals surface area contributed by atoms with Crippen molar-refractivity contribution in [2.24, 2.45) is 17.3 Å². The second-order valence-corrected chi connectivity index (χ2v) is 12.5. The molecule has 5 heteroatoms. The summed E-state index contributed by atoms with van der Waals surface area (Å²) in [6.07, 6.45) is 12.1. The number of carbonyl (C=O) groups excluding carboxylic acids is 1. The Morgan fingerprint density at radius 1 is 1.14 bits per heavy atom. The van der Waals surface area contributed by atoms with Gasteiger partial charge in [0.1, 0.15) is 0 Å². The molecule has 1 spiro atoms. The number of aromatic amines is 1. The van der Waals surface area contributed by atoms with Gasteiger partial charge in [-0.25, -0.2) is 0 Å². The first-order chi connectivity index (χ1) is 17.1. The molecule has 5 aliphatic rings. The van der Waals surface area contributed by atoms with Crippen molar-refractivity contribution in [3.63, 3.8) is 0 Å². The van der Waals surface area contributed by atoms with Crippen LogP contribution in [0.4, 0.5) is 0 Å². The third kappa shape index (κ3) is 3.37. The van der Waals surface area contributed by atoms with Crippen LogP contribution >= 0.6 is 0 Å². The molecule has 5 nitrogen and oxygen atoms in total. The molecule has 2 saturated heterocycles. The lowest BCUT2D eigenvalue weighted by molar-refractivity contribution is -0.131. The highest BCUT2D eigenvalue weighted by molar-refractivity contribution is 5.76. The lowest BCUT2D eigenvalue weighted by Gasteiger charge is -2.50. The summed E-state index contributed by atoms with van der Waals surface area (Å²) in [6.45, 7) is 6.08. The van der Waals surface area contributed by atoms with Crippen molar-refractivity contribution in [2.45, 2.75) is 82.0 Å². The molecule has 1 aromatic carbocycles. The van der Waals surface area contributed by atoms with Gasteiger partial charge >= 0.3 is 0 Å². The molecule has 3 aliphatic carbocycles. The number of amides is 1. The Labute approximate surface area is 209 Å². The Kier molecular flexibility index (Phi) is 5.17. The lowest BCUT2D eigenvalue weighted by atomic mass is 9.53. The minimum Gasteiger partial charge on any atom is -0.381 e. The molecule has 5 atom stereocenters. The number of aromatic nitrogens is 2. The van der Waals surface area contributed by atoms with E-state index in [1.807, 2.05) is 0 Å². The van der Waals surface area contributed by atoms with Gasteiger partial charge < -0.3 is 9.64 Å². The number of benzene rings is 1. The fraction of sp³-hybridized carbons (Fsp3) is 0.667. The first-order valence-corrected chi connectivity index (χ1v) is 14.1. The summed E-state index contributed by atoms with van der Waals surface area (Å²) in [5.41, 5.74) is 6.34. The Hall–Kier alpha value is -2.14. The standard InChI is InChI=1S/C30H39N3O2/c1-29-11-10-22-21-5-3-2-4-20(21)6-7-23(22)27(29)24(25-18-31-32-28(25)29)8-9-26(34)33-15-12-30(19-33)13-16-35-17-14-30/h2-5,18,22-24,27H,6-17,19H2,1H3,(H,31,32)/t22?,23?,24-,27?,29+/m1/s1. The van der Waals surface area contributed by atoms with Gasteiger partial charge in [-0.3, -0.25) is 9.89 Å². The largest absolute Gasteiger partial charge is 0.381 e. The third-order valence-corrected chi connectivity index (χ3v) is 10.9. The molecule has 186 valence electrons. The quantitative estimate of drug-likeness (QED) is 0.655. The van der Waals surface area contributed by atoms with Gasteiger partial charge in [0.05, 0.1) is 5.69 Å². The number of hydrogen-bond donors (Lipinski definition) is 1. The molecule has 1 N–H and O–H groups in total. The highest BCUT2D eigenvalue weighted by atomic mass is 16.5. The molecule has 3 unspecified atom stereocenters. The molecule has 1 aromatic heterocycles. The summed E-state index contributed by atoms with van der Waals surface area (Å²) in [4.78, 5) is 15.6. The summed E-state index contributed by atoms with van der Waals surface area (Å²) in [5.74, 6) is 2.75. The van der Waals surface area contributed by atoms with Crippen LogP contribution in [0.15, 0.2) is 30.5 Å². The Morgan fingerprint density at radius 2 is 2.00 bits per heavy atom. The Balaban J connectivity index is 1.12. The van der Waals surface area contributed by atoms with Crippen LogP contribution in [-0.2, 0) is 21.4 Å². The molecule has 1 saturated carbocycles. The SMILES string of the molecule is C[C@]12CCC3c4ccccc4CCC3C1[C@H](CCC(=O)N1CCC3(CCOCC3)C1)c1c[nH]nc12. The zero-order valence-electron chi connectivity index (χ0n) is 21.1. The third-order valence-electron chi connectivity index (χ3n) is 10.9. The molecule has 2 aromatic rings. The smallest absolute Gasteiger partial charge is 0.222 e. The number of nitrogens with zero attached hydrogens (tertiary/aromatic N) is 2. The number of carbonyl (C=O) groups is 1. The number of nitrogens with one attached hydrogen (secondary N) is 1. The van der Waals surface area contributed by atoms with E-state index >= 15 is 0 Å². The van der Waals surface area contributed by atoms with Crippen molar-refractivity contribution >= 4 is 5.91 Å². The van der Waals surface area contributed by atoms with Gasteiger partial charge in [-0.2, -0.15) is 5.10 Å². The zero-order chi connectivity index (χ0) is 23.6. The maximum absolute atomic E-state index is 13.4. The summed E-state index contributed by atoms with van der Waals surface area (Å²) < 4.78 is 5.61. The number of rotatable bonds is 3. The van der Waals surface area contributed by atoms with E-state index < -0.39 is 0 Å². The molecule has 3 heterocycles. The molecule has 35 heavy (non-hydrogen) atoms. The van der Waals surface area contributed by atoms with E-state index in [1.165, 1.54) is 36.9 Å². The van der Waals surface area contributed by atoms with Gasteiger partial charge in [-0.05, 0) is 97.1 Å². The van der Waals surface area contributed by atoms with Crippen LogP contribution in [-0.4, -0.2) is 47.3 Å². The molecule has 3 fully saturated rings. The van der Waals surface area contributed by atoms with E-state index in [4.69, 9.17) is 9.84 Å². The zero-order valence-corrected chi connectivity index (χ0v) is 21.1. The summed E-state index contributed by atoms with van der Waals surface area (Å²) >= 11 is 0. The van der Waals surface area contributed by atoms with E-state index in [-0.39, 0.29) is 5.41 Å². The number of ether oxygens (including phenoxy) is 1. The van der Waals surface area contributed by atoms with Crippen LogP contribution in [0.5, 0.6) is 0 Å². The molecule has 0 radical (unpaired) electrons. The van der Waals surface area contributed by atoms with Crippen molar-refractivity contribution in [2.75, 3.05) is 26.3 Å². The highest BCUT2D eigenvalue weighted by Crippen LogP contribution is 2.64. The van der Waals surface area contributed by atoms with Gasteiger partial charge in [0, 0.05) is 44.3 Å². The fourth-order valence-corrected chi connectivity index (χ4v) is 9.16. The summed E-state index contributed by atoms with van der Waals surface area (Å²) in [6, 6.07) is 9.17. The van der Waals surface area contributed by atoms with Crippen LogP contribution in [0.3, 0.4) is 0 Å². The van der Waals surface area contributed by atoms with Crippen molar-refractivity contribution in [3.8, 4) is 0 Å². The maximum Gasteiger partial charge on any atom is 0.222 e. The van der Waals surface area contributed by atoms with E-state index in [0.29, 0.717) is 41.4 Å². The van der Waals surface area contributed by atoms with E-state index in [2.05, 4.69) is 47.4 Å². The van der Waals surface area contributed by atoms with Gasteiger partial charge in [0.25, 0.3) is 0 Å². The average Bonchev–Trinajstić information content (AvgIpc) is 3.58. The van der Waals surface area contributed by atoms with Gasteiger partial charge in [-0.15, -0.1) is 0 Å². The van der Waals surface area contributed by atoms with Crippen molar-refractivity contribution in [3.05, 3.63) is 52.8 Å². The monoisotopic (exact) mass is 473 g/mol. The number of likely N-dealkylation sites (tertiary alicyclic amines) is 1. The fourth-order valence-electron chi connectivity index (χ4n) is 9.16. The second-order valence-electron chi connectivity index (χ2n) is 12.5. The van der Waals surface area contributed by atoms with Crippen LogP contribution in [0.1, 0.15) is 92.5 Å². The van der Waals surface area contributed by atoms with E-state index in [1.54, 1.807) is 11.1 Å². The van der Waals surface area contributed by atoms with Gasteiger partial charge in [0.15, 0.2) is 0 Å². The maximum atomic E-state index is 13.4. The van der Waals surface area contributed by atoms with E-state index in [9.17, 15) is 4.79 Å². The number of hydrogen-bond acceptors (Lipinski definition) is 3. The predicted molar refractivity (Wildman–Crippen MR) is 135 cm³/mol. The number of H-pyrrole nitrogens is 1. The number of fused-ring (bicyclic) bond motifs is 7. The van der Waals surface area contributed by atoms with Crippen LogP contribution in [0.25, 0.3) is 0 Å². The summed E-state index contributed by atoms with van der Waals surface area (Å²) in [5, 5.41) is 8.01. The topological polar surface area (TPSA) is 58.2 Å². The average molecular weight is 474 g/mol. The normalized spacial score (nSPS) is 34.8. The Bertz CT molecular complexity index is 1120. The minimum atomic E-state index is 0.135. The van der Waals surface area contributed by atoms with E-state index in [0.717, 1.165) is 52.0 Å². The molecular weight excluding hydrogens is 434 g/mol. The minimum absolute atomic E-state index is 0.135. The van der Waals surface area contributed by atoms with Crippen molar-refractivity contribution in [1.29, 1.82) is 0 Å². The van der Waals surface area contributed by atoms with Crippen LogP contribution < -0.4 is 0 Å². The Morgan fingerprint density at radius 3 is 2.89 bits per heavy atom. The molecule has 2 aliphatic heterocycles. The molecule has 1 amide bonds. The van der Waals surface area contributed by atoms with Gasteiger partial charge in [-0.1, -0.05) is 31.2 Å². The molecule has 7 rings (SSSR count). The van der Waals surface area contributed by atoms with Crippen LogP contribution in [0.2, 0.25) is 0 Å². The van der Waals surface area contributed by atoms with Crippen molar-refractivity contribution in [1.82, 2.24) is 15.1 Å². The highest BCUT2D eigenvalue weighted by Gasteiger charge is 2.58. The van der Waals surface area contributed by atoms with Gasteiger partial charge in [0.2, 0.25) is 5.91 Å². The second kappa shape index (κ2) is 8.19. The summed E-state index contributed by atoms with van der Waals surface area (Å²) in [7, 11) is 0. The van der Waals surface area contributed by atoms with Crippen LogP contribution in [0, 0.1) is 17.3 Å². The van der Waals surface area contributed by atoms with Crippen molar-refractivity contribution < 1.29 is 9.53 Å².